The number of aromatic nitrogens is 2. The second kappa shape index (κ2) is 6.23. The van der Waals surface area contributed by atoms with Gasteiger partial charge in [0, 0.05) is 18.0 Å². The molecule has 0 N–H and O–H groups in total. The van der Waals surface area contributed by atoms with Crippen LogP contribution in [0.25, 0.3) is 17.1 Å². The normalized spacial score (nSPS) is 13.7. The van der Waals surface area contributed by atoms with Crippen molar-refractivity contribution in [2.75, 3.05) is 0 Å². The summed E-state index contributed by atoms with van der Waals surface area (Å²) >= 11 is 0. The highest BCUT2D eigenvalue weighted by Gasteiger charge is 2.28. The van der Waals surface area contributed by atoms with E-state index in [0.717, 1.165) is 17.1 Å². The first kappa shape index (κ1) is 16.4. The fourth-order valence-electron chi connectivity index (χ4n) is 3.19. The summed E-state index contributed by atoms with van der Waals surface area (Å²) in [4.78, 5) is 4.55. The summed E-state index contributed by atoms with van der Waals surface area (Å²) in [5, 5.41) is 0. The van der Waals surface area contributed by atoms with Gasteiger partial charge in [0.25, 0.3) is 0 Å². The van der Waals surface area contributed by atoms with Crippen molar-refractivity contribution < 1.29 is 4.39 Å². The van der Waals surface area contributed by atoms with E-state index in [1.165, 1.54) is 11.1 Å². The quantitative estimate of drug-likeness (QED) is 0.598. The van der Waals surface area contributed by atoms with Gasteiger partial charge in [-0.15, -0.1) is 0 Å². The van der Waals surface area contributed by atoms with Crippen LogP contribution in [0.3, 0.4) is 0 Å². The van der Waals surface area contributed by atoms with Crippen molar-refractivity contribution in [3.8, 4) is 17.1 Å². The maximum atomic E-state index is 15.1. The molecule has 0 amide bonds. The number of hydrogen-bond acceptors (Lipinski definition) is 1. The summed E-state index contributed by atoms with van der Waals surface area (Å²) in [7, 11) is 0. The maximum Gasteiger partial charge on any atom is 0.144 e. The number of rotatable bonds is 4. The lowest BCUT2D eigenvalue weighted by Crippen LogP contribution is -2.15. The SMILES string of the molecule is CCC(C)(F)c1ccccc1-c1nccn1-c1c(C)cccc1C. The smallest absolute Gasteiger partial charge is 0.144 e. The predicted octanol–water partition coefficient (Wildman–Crippen LogP) is 5.75. The first-order valence-corrected chi connectivity index (χ1v) is 8.34. The molecule has 0 saturated carbocycles. The summed E-state index contributed by atoms with van der Waals surface area (Å²) < 4.78 is 17.1. The number of halogens is 1. The van der Waals surface area contributed by atoms with Crippen LogP contribution in [0.1, 0.15) is 37.0 Å². The van der Waals surface area contributed by atoms with Crippen LogP contribution in [-0.2, 0) is 5.67 Å². The van der Waals surface area contributed by atoms with Gasteiger partial charge in [0.1, 0.15) is 11.5 Å². The maximum absolute atomic E-state index is 15.1. The summed E-state index contributed by atoms with van der Waals surface area (Å²) in [5.41, 5.74) is 3.60. The molecule has 0 bridgehead atoms. The first-order chi connectivity index (χ1) is 11.5. The van der Waals surface area contributed by atoms with E-state index in [1.807, 2.05) is 37.4 Å². The van der Waals surface area contributed by atoms with Crippen molar-refractivity contribution in [3.05, 3.63) is 71.5 Å². The van der Waals surface area contributed by atoms with Gasteiger partial charge in [-0.3, -0.25) is 4.57 Å². The molecule has 2 nitrogen and oxygen atoms in total. The van der Waals surface area contributed by atoms with Crippen molar-refractivity contribution in [2.24, 2.45) is 0 Å². The van der Waals surface area contributed by atoms with Gasteiger partial charge < -0.3 is 0 Å². The summed E-state index contributed by atoms with van der Waals surface area (Å²) in [6.45, 7) is 7.68. The van der Waals surface area contributed by atoms with Gasteiger partial charge in [0.05, 0.1) is 5.69 Å². The zero-order valence-electron chi connectivity index (χ0n) is 14.7. The Balaban J connectivity index is 2.24. The fraction of sp³-hybridized carbons (Fsp3) is 0.286. The van der Waals surface area contributed by atoms with Gasteiger partial charge in [-0.25, -0.2) is 9.37 Å². The van der Waals surface area contributed by atoms with Crippen molar-refractivity contribution in [3.63, 3.8) is 0 Å². The van der Waals surface area contributed by atoms with Gasteiger partial charge in [0.15, 0.2) is 0 Å². The number of benzene rings is 2. The molecule has 1 unspecified atom stereocenters. The molecule has 3 aromatic rings. The zero-order chi connectivity index (χ0) is 17.3. The molecule has 2 aromatic carbocycles. The van der Waals surface area contributed by atoms with Crippen LogP contribution in [0.5, 0.6) is 0 Å². The molecule has 24 heavy (non-hydrogen) atoms. The molecular formula is C21H23FN2. The molecule has 0 aliphatic carbocycles. The molecule has 0 radical (unpaired) electrons. The van der Waals surface area contributed by atoms with Crippen molar-refractivity contribution in [1.82, 2.24) is 9.55 Å². The summed E-state index contributed by atoms with van der Waals surface area (Å²) in [5.74, 6) is 0.778. The molecule has 3 rings (SSSR count). The molecule has 1 atom stereocenters. The van der Waals surface area contributed by atoms with Gasteiger partial charge >= 0.3 is 0 Å². The molecule has 0 saturated heterocycles. The minimum Gasteiger partial charge on any atom is -0.299 e. The molecule has 0 fully saturated rings. The number of nitrogens with zero attached hydrogens (tertiary/aromatic N) is 2. The number of imidazole rings is 1. The lowest BCUT2D eigenvalue weighted by atomic mass is 9.90. The third kappa shape index (κ3) is 2.75. The third-order valence-electron chi connectivity index (χ3n) is 4.71. The second-order valence-electron chi connectivity index (χ2n) is 6.46. The van der Waals surface area contributed by atoms with E-state index in [1.54, 1.807) is 13.1 Å². The lowest BCUT2D eigenvalue weighted by Gasteiger charge is -2.23. The summed E-state index contributed by atoms with van der Waals surface area (Å²) in [6.07, 6.45) is 4.15. The van der Waals surface area contributed by atoms with Gasteiger partial charge in [-0.05, 0) is 43.9 Å². The van der Waals surface area contributed by atoms with Crippen molar-refractivity contribution in [2.45, 2.75) is 39.8 Å². The molecule has 1 aromatic heterocycles. The van der Waals surface area contributed by atoms with Crippen LogP contribution in [-0.4, -0.2) is 9.55 Å². The van der Waals surface area contributed by atoms with E-state index in [9.17, 15) is 0 Å². The molecule has 0 aliphatic heterocycles. The van der Waals surface area contributed by atoms with E-state index in [0.29, 0.717) is 12.0 Å². The largest absolute Gasteiger partial charge is 0.299 e. The Hall–Kier alpha value is -2.42. The second-order valence-corrected chi connectivity index (χ2v) is 6.46. The van der Waals surface area contributed by atoms with Crippen LogP contribution in [0.15, 0.2) is 54.9 Å². The Morgan fingerprint density at radius 2 is 1.71 bits per heavy atom. The average Bonchev–Trinajstić information content (AvgIpc) is 3.04. The number of para-hydroxylation sites is 1. The van der Waals surface area contributed by atoms with Crippen LogP contribution >= 0.6 is 0 Å². The van der Waals surface area contributed by atoms with E-state index < -0.39 is 5.67 Å². The van der Waals surface area contributed by atoms with Crippen LogP contribution < -0.4 is 0 Å². The lowest BCUT2D eigenvalue weighted by molar-refractivity contribution is 0.186. The highest BCUT2D eigenvalue weighted by molar-refractivity contribution is 5.66. The van der Waals surface area contributed by atoms with Crippen molar-refractivity contribution >= 4 is 0 Å². The van der Waals surface area contributed by atoms with Gasteiger partial charge in [-0.2, -0.15) is 0 Å². The highest BCUT2D eigenvalue weighted by Crippen LogP contribution is 2.37. The van der Waals surface area contributed by atoms with Crippen LogP contribution in [0.4, 0.5) is 4.39 Å². The molecule has 1 heterocycles. The van der Waals surface area contributed by atoms with Gasteiger partial charge in [0.2, 0.25) is 0 Å². The molecule has 0 spiro atoms. The number of hydrogen-bond donors (Lipinski definition) is 0. The van der Waals surface area contributed by atoms with E-state index >= 15 is 4.39 Å². The predicted molar refractivity (Wildman–Crippen MR) is 97.2 cm³/mol. The number of aryl methyl sites for hydroxylation is 2. The Kier molecular flexibility index (Phi) is 4.27. The van der Waals surface area contributed by atoms with Crippen molar-refractivity contribution in [1.29, 1.82) is 0 Å². The molecule has 0 aliphatic rings. The van der Waals surface area contributed by atoms with Crippen LogP contribution in [0.2, 0.25) is 0 Å². The Morgan fingerprint density at radius 1 is 1.04 bits per heavy atom. The average molecular weight is 322 g/mol. The Labute approximate surface area is 143 Å². The Morgan fingerprint density at radius 3 is 2.38 bits per heavy atom. The van der Waals surface area contributed by atoms with Gasteiger partial charge in [-0.1, -0.05) is 49.4 Å². The third-order valence-corrected chi connectivity index (χ3v) is 4.71. The zero-order valence-corrected chi connectivity index (χ0v) is 14.7. The Bertz CT molecular complexity index is 842. The van der Waals surface area contributed by atoms with Crippen LogP contribution in [0, 0.1) is 13.8 Å². The monoisotopic (exact) mass is 322 g/mol. The minimum absolute atomic E-state index is 0.425. The first-order valence-electron chi connectivity index (χ1n) is 8.34. The highest BCUT2D eigenvalue weighted by atomic mass is 19.1. The minimum atomic E-state index is -1.38. The topological polar surface area (TPSA) is 17.8 Å². The molecular weight excluding hydrogens is 299 g/mol. The van der Waals surface area contributed by atoms with E-state index in [2.05, 4.69) is 41.6 Å². The fourth-order valence-corrected chi connectivity index (χ4v) is 3.19. The summed E-state index contributed by atoms with van der Waals surface area (Å²) in [6, 6.07) is 13.9. The van der Waals surface area contributed by atoms with E-state index in [-0.39, 0.29) is 0 Å². The van der Waals surface area contributed by atoms with E-state index in [4.69, 9.17) is 0 Å². The molecule has 124 valence electrons. The number of alkyl halides is 1. The standard InChI is InChI=1S/C21H23FN2/c1-5-21(4,22)18-12-7-6-11-17(18)20-23-13-14-24(20)19-15(2)9-8-10-16(19)3/h6-14H,5H2,1-4H3. The molecule has 3 heteroatoms.